The molecule has 2 rings (SSSR count). The molecule has 1 N–H and O–H groups in total. The van der Waals surface area contributed by atoms with Crippen LogP contribution in [0.4, 0.5) is 0 Å². The molecular formula is C15H13BrCl2O2. The van der Waals surface area contributed by atoms with Crippen molar-refractivity contribution < 1.29 is 9.84 Å². The molecule has 0 saturated heterocycles. The molecule has 0 amide bonds. The van der Waals surface area contributed by atoms with E-state index in [1.54, 1.807) is 31.4 Å². The Morgan fingerprint density at radius 3 is 2.40 bits per heavy atom. The standard InChI is InChI=1S/C15H13BrCl2O2/c1-8-5-9(17)3-4-11(8)14(19)12-6-10(18)7-13(16)15(12)20-2/h3-7,14,19H,1-2H3. The normalized spacial score (nSPS) is 12.3. The van der Waals surface area contributed by atoms with Gasteiger partial charge in [-0.15, -0.1) is 0 Å². The zero-order chi connectivity index (χ0) is 14.9. The number of aryl methyl sites for hydroxylation is 1. The second-order valence-corrected chi connectivity index (χ2v) is 6.14. The largest absolute Gasteiger partial charge is 0.495 e. The lowest BCUT2D eigenvalue weighted by molar-refractivity contribution is 0.214. The lowest BCUT2D eigenvalue weighted by atomic mass is 9.97. The summed E-state index contributed by atoms with van der Waals surface area (Å²) in [6.45, 7) is 1.90. The van der Waals surface area contributed by atoms with E-state index >= 15 is 0 Å². The van der Waals surface area contributed by atoms with Gasteiger partial charge in [0.1, 0.15) is 11.9 Å². The average molecular weight is 376 g/mol. The Balaban J connectivity index is 2.55. The molecule has 2 aromatic carbocycles. The van der Waals surface area contributed by atoms with E-state index in [9.17, 15) is 5.11 Å². The predicted molar refractivity (Wildman–Crippen MR) is 86.0 cm³/mol. The van der Waals surface area contributed by atoms with Crippen LogP contribution in [0.1, 0.15) is 22.8 Å². The summed E-state index contributed by atoms with van der Waals surface area (Å²) in [5.41, 5.74) is 2.28. The molecule has 0 radical (unpaired) electrons. The minimum atomic E-state index is -0.836. The summed E-state index contributed by atoms with van der Waals surface area (Å²) in [6, 6.07) is 8.79. The van der Waals surface area contributed by atoms with Crippen LogP contribution in [0, 0.1) is 6.92 Å². The van der Waals surface area contributed by atoms with Gasteiger partial charge in [-0.05, 0) is 58.2 Å². The van der Waals surface area contributed by atoms with Crippen LogP contribution in [-0.2, 0) is 0 Å². The van der Waals surface area contributed by atoms with Crippen LogP contribution in [0.15, 0.2) is 34.8 Å². The molecule has 0 saturated carbocycles. The molecule has 0 aliphatic carbocycles. The molecule has 2 nitrogen and oxygen atoms in total. The van der Waals surface area contributed by atoms with Crippen molar-refractivity contribution in [3.05, 3.63) is 61.5 Å². The Kier molecular flexibility index (Phi) is 4.97. The Labute approximate surface area is 136 Å². The van der Waals surface area contributed by atoms with Crippen LogP contribution < -0.4 is 4.74 Å². The first kappa shape index (κ1) is 15.6. The quantitative estimate of drug-likeness (QED) is 0.803. The van der Waals surface area contributed by atoms with Gasteiger partial charge in [-0.1, -0.05) is 29.3 Å². The molecule has 0 aliphatic rings. The number of benzene rings is 2. The minimum absolute atomic E-state index is 0.526. The van der Waals surface area contributed by atoms with Gasteiger partial charge < -0.3 is 9.84 Å². The molecule has 5 heteroatoms. The first-order valence-electron chi connectivity index (χ1n) is 5.91. The van der Waals surface area contributed by atoms with E-state index in [1.807, 2.05) is 13.0 Å². The van der Waals surface area contributed by atoms with E-state index in [0.29, 0.717) is 25.8 Å². The van der Waals surface area contributed by atoms with E-state index in [4.69, 9.17) is 27.9 Å². The van der Waals surface area contributed by atoms with E-state index in [2.05, 4.69) is 15.9 Å². The number of rotatable bonds is 3. The van der Waals surface area contributed by atoms with Crippen molar-refractivity contribution >= 4 is 39.1 Å². The summed E-state index contributed by atoms with van der Waals surface area (Å²) < 4.78 is 6.05. The highest BCUT2D eigenvalue weighted by Gasteiger charge is 2.20. The van der Waals surface area contributed by atoms with Gasteiger partial charge in [-0.25, -0.2) is 0 Å². The summed E-state index contributed by atoms with van der Waals surface area (Å²) in [7, 11) is 1.55. The van der Waals surface area contributed by atoms with E-state index in [1.165, 1.54) is 0 Å². The van der Waals surface area contributed by atoms with Gasteiger partial charge in [0.25, 0.3) is 0 Å². The fourth-order valence-corrected chi connectivity index (χ4v) is 3.33. The van der Waals surface area contributed by atoms with E-state index in [0.717, 1.165) is 11.1 Å². The van der Waals surface area contributed by atoms with Crippen LogP contribution in [0.5, 0.6) is 5.75 Å². The molecule has 1 atom stereocenters. The minimum Gasteiger partial charge on any atom is -0.495 e. The number of methoxy groups -OCH3 is 1. The summed E-state index contributed by atoms with van der Waals surface area (Å²) in [6.07, 6.45) is -0.836. The molecule has 1 unspecified atom stereocenters. The molecule has 0 fully saturated rings. The van der Waals surface area contributed by atoms with Gasteiger partial charge in [0, 0.05) is 15.6 Å². The molecule has 2 aromatic rings. The summed E-state index contributed by atoms with van der Waals surface area (Å²) in [4.78, 5) is 0. The Morgan fingerprint density at radius 1 is 1.10 bits per heavy atom. The van der Waals surface area contributed by atoms with Gasteiger partial charge in [0.2, 0.25) is 0 Å². The molecule has 106 valence electrons. The van der Waals surface area contributed by atoms with Crippen molar-refractivity contribution in [3.8, 4) is 5.75 Å². The third kappa shape index (κ3) is 3.12. The topological polar surface area (TPSA) is 29.5 Å². The molecule has 20 heavy (non-hydrogen) atoms. The molecule has 0 bridgehead atoms. The second-order valence-electron chi connectivity index (χ2n) is 4.41. The number of aliphatic hydroxyl groups excluding tert-OH is 1. The van der Waals surface area contributed by atoms with E-state index < -0.39 is 6.10 Å². The number of ether oxygens (including phenoxy) is 1. The Morgan fingerprint density at radius 2 is 1.80 bits per heavy atom. The van der Waals surface area contributed by atoms with Crippen LogP contribution in [0.2, 0.25) is 10.0 Å². The van der Waals surface area contributed by atoms with Gasteiger partial charge in [0.05, 0.1) is 11.6 Å². The van der Waals surface area contributed by atoms with Crippen molar-refractivity contribution in [1.82, 2.24) is 0 Å². The highest BCUT2D eigenvalue weighted by Crippen LogP contribution is 2.39. The fourth-order valence-electron chi connectivity index (χ4n) is 2.11. The van der Waals surface area contributed by atoms with Crippen LogP contribution >= 0.6 is 39.1 Å². The first-order valence-corrected chi connectivity index (χ1v) is 7.46. The zero-order valence-corrected chi connectivity index (χ0v) is 14.1. The SMILES string of the molecule is COc1c(Br)cc(Cl)cc1C(O)c1ccc(Cl)cc1C. The summed E-state index contributed by atoms with van der Waals surface area (Å²) >= 11 is 15.4. The van der Waals surface area contributed by atoms with Crippen LogP contribution in [0.25, 0.3) is 0 Å². The number of aliphatic hydroxyl groups is 1. The Bertz CT molecular complexity index is 644. The van der Waals surface area contributed by atoms with Crippen molar-refractivity contribution in [2.75, 3.05) is 7.11 Å². The second kappa shape index (κ2) is 6.35. The van der Waals surface area contributed by atoms with Crippen molar-refractivity contribution in [2.45, 2.75) is 13.0 Å². The fraction of sp³-hybridized carbons (Fsp3) is 0.200. The predicted octanol–water partition coefficient (Wildman–Crippen LogP) is 5.15. The Hall–Kier alpha value is -0.740. The maximum absolute atomic E-state index is 10.6. The zero-order valence-electron chi connectivity index (χ0n) is 11.0. The monoisotopic (exact) mass is 374 g/mol. The van der Waals surface area contributed by atoms with Crippen molar-refractivity contribution in [3.63, 3.8) is 0 Å². The van der Waals surface area contributed by atoms with E-state index in [-0.39, 0.29) is 0 Å². The maximum Gasteiger partial charge on any atom is 0.139 e. The van der Waals surface area contributed by atoms with Gasteiger partial charge >= 0.3 is 0 Å². The van der Waals surface area contributed by atoms with Crippen molar-refractivity contribution in [2.24, 2.45) is 0 Å². The number of hydrogen-bond acceptors (Lipinski definition) is 2. The molecule has 0 aromatic heterocycles. The highest BCUT2D eigenvalue weighted by molar-refractivity contribution is 9.10. The van der Waals surface area contributed by atoms with Crippen LogP contribution in [0.3, 0.4) is 0 Å². The van der Waals surface area contributed by atoms with Crippen LogP contribution in [-0.4, -0.2) is 12.2 Å². The number of hydrogen-bond donors (Lipinski definition) is 1. The molecule has 0 aliphatic heterocycles. The van der Waals surface area contributed by atoms with Gasteiger partial charge in [-0.3, -0.25) is 0 Å². The number of halogens is 3. The highest BCUT2D eigenvalue weighted by atomic mass is 79.9. The lowest BCUT2D eigenvalue weighted by Crippen LogP contribution is -2.05. The lowest BCUT2D eigenvalue weighted by Gasteiger charge is -2.18. The van der Waals surface area contributed by atoms with Gasteiger partial charge in [0.15, 0.2) is 0 Å². The first-order chi connectivity index (χ1) is 9.43. The third-order valence-electron chi connectivity index (χ3n) is 3.06. The molecule has 0 spiro atoms. The smallest absolute Gasteiger partial charge is 0.139 e. The summed E-state index contributed by atoms with van der Waals surface area (Å²) in [5, 5.41) is 11.8. The molecule has 0 heterocycles. The van der Waals surface area contributed by atoms with Crippen molar-refractivity contribution in [1.29, 1.82) is 0 Å². The maximum atomic E-state index is 10.6. The third-order valence-corrected chi connectivity index (χ3v) is 4.10. The average Bonchev–Trinajstić information content (AvgIpc) is 2.37. The summed E-state index contributed by atoms with van der Waals surface area (Å²) in [5.74, 6) is 0.566. The molecular weight excluding hydrogens is 363 g/mol. The van der Waals surface area contributed by atoms with Gasteiger partial charge in [-0.2, -0.15) is 0 Å².